The molecule has 0 unspecified atom stereocenters. The molecule has 0 aromatic heterocycles. The van der Waals surface area contributed by atoms with Gasteiger partial charge in [0.1, 0.15) is 0 Å². The molecule has 0 saturated heterocycles. The lowest BCUT2D eigenvalue weighted by atomic mass is 9.87. The SMILES string of the molecule is CC(C)(C)c1ccc(O)c(O)c1.CCCCCCCCS. The topological polar surface area (TPSA) is 40.5 Å². The second-order valence-corrected chi connectivity index (χ2v) is 6.89. The monoisotopic (exact) mass is 312 g/mol. The van der Waals surface area contributed by atoms with Gasteiger partial charge < -0.3 is 10.2 Å². The molecule has 1 rings (SSSR count). The Morgan fingerprint density at radius 1 is 0.905 bits per heavy atom. The van der Waals surface area contributed by atoms with E-state index in [4.69, 9.17) is 5.11 Å². The lowest BCUT2D eigenvalue weighted by Gasteiger charge is -2.19. The molecule has 2 N–H and O–H groups in total. The van der Waals surface area contributed by atoms with E-state index in [-0.39, 0.29) is 16.9 Å². The second kappa shape index (κ2) is 10.8. The maximum Gasteiger partial charge on any atom is 0.157 e. The zero-order valence-corrected chi connectivity index (χ0v) is 14.9. The highest BCUT2D eigenvalue weighted by atomic mass is 32.1. The van der Waals surface area contributed by atoms with Gasteiger partial charge in [0.25, 0.3) is 0 Å². The molecule has 0 atom stereocenters. The lowest BCUT2D eigenvalue weighted by Crippen LogP contribution is -2.10. The van der Waals surface area contributed by atoms with Crippen LogP contribution in [0.1, 0.15) is 71.8 Å². The highest BCUT2D eigenvalue weighted by molar-refractivity contribution is 7.80. The summed E-state index contributed by atoms with van der Waals surface area (Å²) in [6, 6.07) is 4.92. The molecule has 0 fully saturated rings. The van der Waals surface area contributed by atoms with Crippen LogP contribution in [0.2, 0.25) is 0 Å². The van der Waals surface area contributed by atoms with Gasteiger partial charge in [0.05, 0.1) is 0 Å². The van der Waals surface area contributed by atoms with Crippen molar-refractivity contribution in [1.82, 2.24) is 0 Å². The van der Waals surface area contributed by atoms with Crippen LogP contribution in [0, 0.1) is 0 Å². The third kappa shape index (κ3) is 9.67. The molecule has 1 aromatic carbocycles. The predicted molar refractivity (Wildman–Crippen MR) is 95.7 cm³/mol. The number of unbranched alkanes of at least 4 members (excludes halogenated alkanes) is 5. The van der Waals surface area contributed by atoms with Gasteiger partial charge in [-0.3, -0.25) is 0 Å². The Bertz CT molecular complexity index is 377. The molecular weight excluding hydrogens is 280 g/mol. The van der Waals surface area contributed by atoms with Crippen LogP contribution in [0.15, 0.2) is 18.2 Å². The van der Waals surface area contributed by atoms with E-state index in [1.165, 1.54) is 44.6 Å². The summed E-state index contributed by atoms with van der Waals surface area (Å²) in [7, 11) is 0. The van der Waals surface area contributed by atoms with Crippen molar-refractivity contribution in [2.24, 2.45) is 0 Å². The van der Waals surface area contributed by atoms with E-state index in [2.05, 4.69) is 40.3 Å². The molecule has 0 aliphatic carbocycles. The number of benzene rings is 1. The maximum atomic E-state index is 9.21. The Kier molecular flexibility index (Phi) is 10.4. The van der Waals surface area contributed by atoms with E-state index < -0.39 is 0 Å². The van der Waals surface area contributed by atoms with Crippen molar-refractivity contribution in [2.45, 2.75) is 71.6 Å². The van der Waals surface area contributed by atoms with Gasteiger partial charge in [-0.2, -0.15) is 12.6 Å². The minimum absolute atomic E-state index is 0.00514. The first-order valence-electron chi connectivity index (χ1n) is 7.96. The third-order valence-corrected chi connectivity index (χ3v) is 3.67. The summed E-state index contributed by atoms with van der Waals surface area (Å²) in [4.78, 5) is 0. The summed E-state index contributed by atoms with van der Waals surface area (Å²) in [6.45, 7) is 8.41. The quantitative estimate of drug-likeness (QED) is 0.360. The number of phenolic OH excluding ortho intramolecular Hbond substituents is 2. The molecule has 0 aliphatic heterocycles. The van der Waals surface area contributed by atoms with E-state index in [9.17, 15) is 5.11 Å². The molecule has 1 aromatic rings. The summed E-state index contributed by atoms with van der Waals surface area (Å²) < 4.78 is 0. The van der Waals surface area contributed by atoms with Crippen molar-refractivity contribution in [3.05, 3.63) is 23.8 Å². The molecular formula is C18H32O2S. The second-order valence-electron chi connectivity index (χ2n) is 6.44. The summed E-state index contributed by atoms with van der Waals surface area (Å²) in [5.41, 5.74) is 1.02. The number of phenols is 2. The smallest absolute Gasteiger partial charge is 0.157 e. The Hall–Kier alpha value is -0.830. The fourth-order valence-electron chi connectivity index (χ4n) is 1.88. The van der Waals surface area contributed by atoms with Crippen LogP contribution in [0.5, 0.6) is 11.5 Å². The van der Waals surface area contributed by atoms with Gasteiger partial charge in [-0.15, -0.1) is 0 Å². The summed E-state index contributed by atoms with van der Waals surface area (Å²) in [5, 5.41) is 18.3. The van der Waals surface area contributed by atoms with Crippen LogP contribution in [-0.4, -0.2) is 16.0 Å². The van der Waals surface area contributed by atoms with E-state index in [0.29, 0.717) is 0 Å². The largest absolute Gasteiger partial charge is 0.504 e. The summed E-state index contributed by atoms with van der Waals surface area (Å²) in [5.74, 6) is 0.942. The van der Waals surface area contributed by atoms with Crippen LogP contribution in [-0.2, 0) is 5.41 Å². The summed E-state index contributed by atoms with van der Waals surface area (Å²) in [6.07, 6.45) is 8.27. The molecule has 0 amide bonds. The number of thiol groups is 1. The van der Waals surface area contributed by atoms with Gasteiger partial charge in [0, 0.05) is 0 Å². The van der Waals surface area contributed by atoms with Gasteiger partial charge in [-0.1, -0.05) is 65.9 Å². The maximum absolute atomic E-state index is 9.21. The van der Waals surface area contributed by atoms with Gasteiger partial charge in [0.15, 0.2) is 11.5 Å². The first-order chi connectivity index (χ1) is 9.82. The van der Waals surface area contributed by atoms with Crippen LogP contribution < -0.4 is 0 Å². The van der Waals surface area contributed by atoms with Crippen molar-refractivity contribution in [3.63, 3.8) is 0 Å². The van der Waals surface area contributed by atoms with Crippen molar-refractivity contribution in [1.29, 1.82) is 0 Å². The van der Waals surface area contributed by atoms with Gasteiger partial charge in [-0.25, -0.2) is 0 Å². The van der Waals surface area contributed by atoms with Gasteiger partial charge in [-0.05, 0) is 35.3 Å². The molecule has 122 valence electrons. The molecule has 0 radical (unpaired) electrons. The molecule has 21 heavy (non-hydrogen) atoms. The Morgan fingerprint density at radius 3 is 1.95 bits per heavy atom. The van der Waals surface area contributed by atoms with E-state index in [1.807, 2.05) is 6.07 Å². The predicted octanol–water partition coefficient (Wildman–Crippen LogP) is 5.67. The minimum atomic E-state index is -0.0667. The van der Waals surface area contributed by atoms with Crippen LogP contribution >= 0.6 is 12.6 Å². The fourth-order valence-corrected chi connectivity index (χ4v) is 2.11. The van der Waals surface area contributed by atoms with Gasteiger partial charge in [0.2, 0.25) is 0 Å². The lowest BCUT2D eigenvalue weighted by molar-refractivity contribution is 0.401. The van der Waals surface area contributed by atoms with E-state index in [1.54, 1.807) is 6.07 Å². The number of hydrogen-bond donors (Lipinski definition) is 3. The Labute approximate surface area is 136 Å². The Balaban J connectivity index is 0.000000400. The number of hydrogen-bond acceptors (Lipinski definition) is 3. The molecule has 0 heterocycles. The molecule has 0 bridgehead atoms. The number of aromatic hydroxyl groups is 2. The zero-order chi connectivity index (χ0) is 16.3. The molecule has 0 spiro atoms. The average Bonchev–Trinajstić information content (AvgIpc) is 2.41. The Morgan fingerprint density at radius 2 is 1.48 bits per heavy atom. The zero-order valence-electron chi connectivity index (χ0n) is 14.0. The van der Waals surface area contributed by atoms with Crippen molar-refractivity contribution >= 4 is 12.6 Å². The van der Waals surface area contributed by atoms with Crippen molar-refractivity contribution in [2.75, 3.05) is 5.75 Å². The highest BCUT2D eigenvalue weighted by Gasteiger charge is 2.14. The van der Waals surface area contributed by atoms with E-state index >= 15 is 0 Å². The molecule has 0 aliphatic rings. The van der Waals surface area contributed by atoms with E-state index in [0.717, 1.165) is 11.3 Å². The first kappa shape index (κ1) is 20.2. The van der Waals surface area contributed by atoms with Gasteiger partial charge >= 0.3 is 0 Å². The summed E-state index contributed by atoms with van der Waals surface area (Å²) >= 11 is 4.15. The molecule has 0 saturated carbocycles. The molecule has 3 heteroatoms. The average molecular weight is 313 g/mol. The first-order valence-corrected chi connectivity index (χ1v) is 8.59. The van der Waals surface area contributed by atoms with Crippen LogP contribution in [0.25, 0.3) is 0 Å². The minimum Gasteiger partial charge on any atom is -0.504 e. The van der Waals surface area contributed by atoms with Crippen molar-refractivity contribution in [3.8, 4) is 11.5 Å². The number of rotatable bonds is 6. The van der Waals surface area contributed by atoms with Crippen molar-refractivity contribution < 1.29 is 10.2 Å². The third-order valence-electron chi connectivity index (χ3n) is 3.35. The fraction of sp³-hybridized carbons (Fsp3) is 0.667. The normalized spacial score (nSPS) is 10.9. The highest BCUT2D eigenvalue weighted by Crippen LogP contribution is 2.30. The van der Waals surface area contributed by atoms with Crippen LogP contribution in [0.4, 0.5) is 0 Å². The van der Waals surface area contributed by atoms with Crippen LogP contribution in [0.3, 0.4) is 0 Å². The standard InChI is InChI=1S/C10H14O2.C8H18S/c1-10(2,3)7-4-5-8(11)9(12)6-7;1-2-3-4-5-6-7-8-9/h4-6,11-12H,1-3H3;9H,2-8H2,1H3. The molecule has 2 nitrogen and oxygen atoms in total.